The van der Waals surface area contributed by atoms with Crippen LogP contribution in [0.2, 0.25) is 0 Å². The molecule has 1 aromatic carbocycles. The van der Waals surface area contributed by atoms with Gasteiger partial charge >= 0.3 is 6.18 Å². The topological polar surface area (TPSA) is 55.1 Å². The van der Waals surface area contributed by atoms with Gasteiger partial charge in [-0.1, -0.05) is 34.6 Å². The van der Waals surface area contributed by atoms with E-state index in [0.717, 1.165) is 12.5 Å². The van der Waals surface area contributed by atoms with Crippen LogP contribution in [0, 0.1) is 5.41 Å². The van der Waals surface area contributed by atoms with E-state index in [1.165, 1.54) is 12.1 Å². The first kappa shape index (κ1) is 16.2. The van der Waals surface area contributed by atoms with Gasteiger partial charge in [-0.2, -0.15) is 13.2 Å². The molecule has 8 heteroatoms. The molecule has 0 spiro atoms. The number of thiocarbonyl (C=S) groups is 1. The molecule has 1 saturated carbocycles. The van der Waals surface area contributed by atoms with E-state index in [2.05, 4.69) is 21.2 Å². The summed E-state index contributed by atoms with van der Waals surface area (Å²) in [5.74, 6) is -0.448. The van der Waals surface area contributed by atoms with Crippen molar-refractivity contribution in [3.05, 3.63) is 28.2 Å². The Balaban J connectivity index is 2.25. The summed E-state index contributed by atoms with van der Waals surface area (Å²) < 4.78 is 38.4. The van der Waals surface area contributed by atoms with E-state index >= 15 is 0 Å². The van der Waals surface area contributed by atoms with Crippen LogP contribution < -0.4 is 11.1 Å². The van der Waals surface area contributed by atoms with Crippen LogP contribution in [0.25, 0.3) is 0 Å². The number of amides is 1. The summed E-state index contributed by atoms with van der Waals surface area (Å²) in [5.41, 5.74) is 3.88. The molecule has 1 amide bonds. The van der Waals surface area contributed by atoms with E-state index in [0.29, 0.717) is 12.8 Å². The summed E-state index contributed by atoms with van der Waals surface area (Å²) in [6.45, 7) is 0. The molecule has 0 heterocycles. The Morgan fingerprint density at radius 1 is 1.38 bits per heavy atom. The fraction of sp³-hybridized carbons (Fsp3) is 0.385. The lowest BCUT2D eigenvalue weighted by Crippen LogP contribution is -2.50. The largest absolute Gasteiger partial charge is 0.417 e. The molecule has 0 aromatic heterocycles. The Labute approximate surface area is 133 Å². The third kappa shape index (κ3) is 3.06. The Morgan fingerprint density at radius 3 is 2.43 bits per heavy atom. The molecule has 0 atom stereocenters. The van der Waals surface area contributed by atoms with E-state index in [9.17, 15) is 18.0 Å². The van der Waals surface area contributed by atoms with Gasteiger partial charge in [-0.15, -0.1) is 0 Å². The van der Waals surface area contributed by atoms with Crippen LogP contribution in [0.4, 0.5) is 18.9 Å². The third-order valence-corrected chi connectivity index (χ3v) is 4.73. The predicted molar refractivity (Wildman–Crippen MR) is 80.8 cm³/mol. The maximum Gasteiger partial charge on any atom is 0.417 e. The number of nitrogens with one attached hydrogen (secondary N) is 1. The van der Waals surface area contributed by atoms with Gasteiger partial charge < -0.3 is 11.1 Å². The summed E-state index contributed by atoms with van der Waals surface area (Å²) in [5, 5.41) is 2.48. The minimum absolute atomic E-state index is 0.0676. The van der Waals surface area contributed by atoms with Crippen molar-refractivity contribution in [2.45, 2.75) is 25.4 Å². The molecule has 0 unspecified atom stereocenters. The quantitative estimate of drug-likeness (QED) is 0.782. The Kier molecular flexibility index (Phi) is 4.30. The van der Waals surface area contributed by atoms with Gasteiger partial charge in [0, 0.05) is 10.2 Å². The van der Waals surface area contributed by atoms with E-state index in [1.807, 2.05) is 0 Å². The van der Waals surface area contributed by atoms with E-state index < -0.39 is 23.1 Å². The van der Waals surface area contributed by atoms with Crippen molar-refractivity contribution in [3.8, 4) is 0 Å². The average Bonchev–Trinajstić information content (AvgIpc) is 2.28. The zero-order valence-electron chi connectivity index (χ0n) is 10.8. The number of carbonyl (C=O) groups excluding carboxylic acids is 1. The second-order valence-corrected chi connectivity index (χ2v) is 6.24. The van der Waals surface area contributed by atoms with Crippen LogP contribution in [0.15, 0.2) is 22.7 Å². The molecule has 1 aliphatic carbocycles. The van der Waals surface area contributed by atoms with E-state index in [1.54, 1.807) is 0 Å². The lowest BCUT2D eigenvalue weighted by Gasteiger charge is -2.39. The molecule has 3 N–H and O–H groups in total. The minimum Gasteiger partial charge on any atom is -0.392 e. The summed E-state index contributed by atoms with van der Waals surface area (Å²) >= 11 is 7.76. The molecule has 1 aromatic rings. The molecule has 3 nitrogen and oxygen atoms in total. The van der Waals surface area contributed by atoms with Crippen LogP contribution in [0.1, 0.15) is 24.8 Å². The third-order valence-electron chi connectivity index (χ3n) is 3.64. The minimum atomic E-state index is -4.50. The van der Waals surface area contributed by atoms with Gasteiger partial charge in [0.15, 0.2) is 0 Å². The van der Waals surface area contributed by atoms with Gasteiger partial charge in [-0.3, -0.25) is 4.79 Å². The molecule has 0 radical (unpaired) electrons. The summed E-state index contributed by atoms with van der Waals surface area (Å²) in [4.78, 5) is 12.3. The molecule has 2 rings (SSSR count). The molecule has 0 bridgehead atoms. The van der Waals surface area contributed by atoms with Crippen molar-refractivity contribution >= 4 is 44.7 Å². The van der Waals surface area contributed by atoms with Gasteiger partial charge in [0.2, 0.25) is 5.91 Å². The van der Waals surface area contributed by atoms with Gasteiger partial charge in [-0.25, -0.2) is 0 Å². The van der Waals surface area contributed by atoms with E-state index in [-0.39, 0.29) is 15.1 Å². The van der Waals surface area contributed by atoms with E-state index in [4.69, 9.17) is 18.0 Å². The monoisotopic (exact) mass is 380 g/mol. The Morgan fingerprint density at radius 2 is 2.00 bits per heavy atom. The summed E-state index contributed by atoms with van der Waals surface area (Å²) in [7, 11) is 0. The van der Waals surface area contributed by atoms with Crippen molar-refractivity contribution in [2.75, 3.05) is 5.32 Å². The average molecular weight is 381 g/mol. The second kappa shape index (κ2) is 5.57. The molecule has 1 aliphatic rings. The normalized spacial score (nSPS) is 17.0. The number of halogens is 4. The van der Waals surface area contributed by atoms with Gasteiger partial charge in [0.05, 0.1) is 16.0 Å². The van der Waals surface area contributed by atoms with Crippen LogP contribution in [-0.2, 0) is 11.0 Å². The number of hydrogen-bond donors (Lipinski definition) is 2. The lowest BCUT2D eigenvalue weighted by atomic mass is 9.68. The molecule has 0 aliphatic heterocycles. The van der Waals surface area contributed by atoms with Crippen LogP contribution >= 0.6 is 28.1 Å². The first-order valence-corrected chi connectivity index (χ1v) is 7.35. The zero-order chi connectivity index (χ0) is 15.8. The number of alkyl halides is 3. The Hall–Kier alpha value is -1.15. The second-order valence-electron chi connectivity index (χ2n) is 4.95. The number of anilines is 1. The molecule has 114 valence electrons. The summed E-state index contributed by atoms with van der Waals surface area (Å²) in [6.07, 6.45) is -2.64. The fourth-order valence-corrected chi connectivity index (χ4v) is 2.95. The SMILES string of the molecule is NC(=S)C1(C(=O)Nc2ccc(Br)c(C(F)(F)F)c2)CCC1. The van der Waals surface area contributed by atoms with Crippen molar-refractivity contribution < 1.29 is 18.0 Å². The van der Waals surface area contributed by atoms with Gasteiger partial charge in [0.25, 0.3) is 0 Å². The molecular weight excluding hydrogens is 369 g/mol. The number of benzene rings is 1. The van der Waals surface area contributed by atoms with Gasteiger partial charge in [0.1, 0.15) is 0 Å². The predicted octanol–water partition coefficient (Wildman–Crippen LogP) is 3.86. The molecule has 0 saturated heterocycles. The lowest BCUT2D eigenvalue weighted by molar-refractivity contribution is -0.138. The zero-order valence-corrected chi connectivity index (χ0v) is 13.2. The first-order valence-electron chi connectivity index (χ1n) is 6.15. The number of rotatable bonds is 3. The first-order chi connectivity index (χ1) is 9.67. The van der Waals surface area contributed by atoms with Crippen molar-refractivity contribution in [1.29, 1.82) is 0 Å². The number of nitrogens with two attached hydrogens (primary N) is 1. The van der Waals surface area contributed by atoms with Crippen molar-refractivity contribution in [3.63, 3.8) is 0 Å². The number of hydrogen-bond acceptors (Lipinski definition) is 2. The Bertz CT molecular complexity index is 600. The van der Waals surface area contributed by atoms with Crippen LogP contribution in [0.5, 0.6) is 0 Å². The maximum atomic E-state index is 12.8. The number of carbonyl (C=O) groups is 1. The highest BCUT2D eigenvalue weighted by atomic mass is 79.9. The van der Waals surface area contributed by atoms with Crippen LogP contribution in [0.3, 0.4) is 0 Å². The molecule has 21 heavy (non-hydrogen) atoms. The summed E-state index contributed by atoms with van der Waals surface area (Å²) in [6, 6.07) is 3.52. The molecule has 1 fully saturated rings. The highest BCUT2D eigenvalue weighted by Crippen LogP contribution is 2.43. The standard InChI is InChI=1S/C13H12BrF3N2OS/c14-9-3-2-7(6-8(9)13(15,16)17)19-11(20)12(10(18)21)4-1-5-12/h2-3,6H,1,4-5H2,(H2,18,21)(H,19,20). The van der Waals surface area contributed by atoms with Crippen molar-refractivity contribution in [1.82, 2.24) is 0 Å². The highest BCUT2D eigenvalue weighted by molar-refractivity contribution is 9.10. The fourth-order valence-electron chi connectivity index (χ4n) is 2.19. The highest BCUT2D eigenvalue weighted by Gasteiger charge is 2.47. The smallest absolute Gasteiger partial charge is 0.392 e. The van der Waals surface area contributed by atoms with Gasteiger partial charge in [-0.05, 0) is 31.0 Å². The molecular formula is C13H12BrF3N2OS. The van der Waals surface area contributed by atoms with Crippen LogP contribution in [-0.4, -0.2) is 10.9 Å². The maximum absolute atomic E-state index is 12.8. The van der Waals surface area contributed by atoms with Crippen molar-refractivity contribution in [2.24, 2.45) is 11.1 Å².